The van der Waals surface area contributed by atoms with E-state index in [1.165, 1.54) is 6.42 Å². The first-order valence-corrected chi connectivity index (χ1v) is 6.88. The number of phenolic OH excluding ortho intramolecular Hbond substituents is 1. The number of nitrogens with one attached hydrogen (secondary N) is 1. The van der Waals surface area contributed by atoms with Crippen LogP contribution in [-0.4, -0.2) is 17.6 Å². The highest BCUT2D eigenvalue weighted by molar-refractivity contribution is 5.95. The van der Waals surface area contributed by atoms with E-state index in [1.807, 2.05) is 6.92 Å². The third kappa shape index (κ3) is 2.89. The fraction of sp³-hybridized carbons (Fsp3) is 0.533. The van der Waals surface area contributed by atoms with Crippen LogP contribution < -0.4 is 11.1 Å². The van der Waals surface area contributed by atoms with Crippen molar-refractivity contribution in [2.75, 3.05) is 11.9 Å². The van der Waals surface area contributed by atoms with Gasteiger partial charge in [0.05, 0.1) is 5.41 Å². The minimum absolute atomic E-state index is 0.0137. The molecule has 0 saturated heterocycles. The van der Waals surface area contributed by atoms with E-state index in [0.717, 1.165) is 36.9 Å². The van der Waals surface area contributed by atoms with Crippen LogP contribution in [0.2, 0.25) is 0 Å². The van der Waals surface area contributed by atoms with Crippen LogP contribution in [0.3, 0.4) is 0 Å². The minimum atomic E-state index is -0.413. The lowest BCUT2D eigenvalue weighted by Crippen LogP contribution is -2.43. The molecule has 0 aromatic heterocycles. The first-order chi connectivity index (χ1) is 9.07. The molecule has 1 aliphatic carbocycles. The van der Waals surface area contributed by atoms with Gasteiger partial charge < -0.3 is 16.2 Å². The maximum atomic E-state index is 12.5. The molecule has 1 amide bonds. The predicted molar refractivity (Wildman–Crippen MR) is 76.0 cm³/mol. The van der Waals surface area contributed by atoms with Crippen molar-refractivity contribution in [2.45, 2.75) is 39.0 Å². The van der Waals surface area contributed by atoms with E-state index in [0.29, 0.717) is 6.54 Å². The number of hydrogen-bond donors (Lipinski definition) is 3. The van der Waals surface area contributed by atoms with Crippen LogP contribution >= 0.6 is 0 Å². The molecule has 104 valence electrons. The molecule has 0 heterocycles. The highest BCUT2D eigenvalue weighted by Crippen LogP contribution is 2.36. The highest BCUT2D eigenvalue weighted by Gasteiger charge is 2.38. The molecule has 19 heavy (non-hydrogen) atoms. The molecule has 4 heteroatoms. The topological polar surface area (TPSA) is 75.4 Å². The summed E-state index contributed by atoms with van der Waals surface area (Å²) < 4.78 is 0. The molecule has 0 atom stereocenters. The number of phenols is 1. The predicted octanol–water partition coefficient (Wildman–Crippen LogP) is 2.55. The van der Waals surface area contributed by atoms with Gasteiger partial charge in [-0.05, 0) is 43.5 Å². The highest BCUT2D eigenvalue weighted by atomic mass is 16.3. The van der Waals surface area contributed by atoms with Gasteiger partial charge >= 0.3 is 0 Å². The van der Waals surface area contributed by atoms with Crippen molar-refractivity contribution in [1.29, 1.82) is 0 Å². The van der Waals surface area contributed by atoms with Gasteiger partial charge in [0.15, 0.2) is 0 Å². The van der Waals surface area contributed by atoms with Crippen LogP contribution in [0.5, 0.6) is 5.75 Å². The molecule has 1 aromatic carbocycles. The Morgan fingerprint density at radius 3 is 2.63 bits per heavy atom. The Hall–Kier alpha value is -1.55. The number of nitrogens with two attached hydrogens (primary N) is 1. The standard InChI is InChI=1S/C15H22N2O2/c1-11-9-12(5-6-13(11)18)17-14(19)15(10-16)7-3-2-4-8-15/h5-6,9,18H,2-4,7-8,10,16H2,1H3,(H,17,19). The first-order valence-electron chi connectivity index (χ1n) is 6.88. The van der Waals surface area contributed by atoms with Crippen LogP contribution in [-0.2, 0) is 4.79 Å². The van der Waals surface area contributed by atoms with E-state index in [-0.39, 0.29) is 11.7 Å². The zero-order valence-electron chi connectivity index (χ0n) is 11.4. The van der Waals surface area contributed by atoms with Crippen molar-refractivity contribution in [3.05, 3.63) is 23.8 Å². The van der Waals surface area contributed by atoms with Crippen molar-refractivity contribution in [1.82, 2.24) is 0 Å². The van der Waals surface area contributed by atoms with Crippen molar-refractivity contribution in [3.8, 4) is 5.75 Å². The molecule has 4 nitrogen and oxygen atoms in total. The van der Waals surface area contributed by atoms with Gasteiger partial charge in [-0.15, -0.1) is 0 Å². The van der Waals surface area contributed by atoms with Crippen molar-refractivity contribution < 1.29 is 9.90 Å². The van der Waals surface area contributed by atoms with Gasteiger partial charge in [-0.2, -0.15) is 0 Å². The molecule has 1 fully saturated rings. The van der Waals surface area contributed by atoms with Crippen molar-refractivity contribution in [2.24, 2.45) is 11.1 Å². The SMILES string of the molecule is Cc1cc(NC(=O)C2(CN)CCCCC2)ccc1O. The molecule has 0 aliphatic heterocycles. The smallest absolute Gasteiger partial charge is 0.231 e. The quantitative estimate of drug-likeness (QED) is 0.733. The van der Waals surface area contributed by atoms with Crippen molar-refractivity contribution in [3.63, 3.8) is 0 Å². The third-order valence-corrected chi connectivity index (χ3v) is 4.14. The lowest BCUT2D eigenvalue weighted by atomic mass is 9.73. The second kappa shape index (κ2) is 5.61. The van der Waals surface area contributed by atoms with Crippen LogP contribution in [0.25, 0.3) is 0 Å². The molecule has 0 spiro atoms. The number of aromatic hydroxyl groups is 1. The van der Waals surface area contributed by atoms with Gasteiger partial charge in [0, 0.05) is 12.2 Å². The third-order valence-electron chi connectivity index (χ3n) is 4.14. The molecule has 0 radical (unpaired) electrons. The molecule has 2 rings (SSSR count). The van der Waals surface area contributed by atoms with Crippen LogP contribution in [0, 0.1) is 12.3 Å². The van der Waals surface area contributed by atoms with E-state index in [4.69, 9.17) is 5.73 Å². The van der Waals surface area contributed by atoms with Gasteiger partial charge in [-0.1, -0.05) is 19.3 Å². The lowest BCUT2D eigenvalue weighted by Gasteiger charge is -2.34. The molecule has 1 aromatic rings. The Labute approximate surface area is 114 Å². The normalized spacial score (nSPS) is 18.0. The van der Waals surface area contributed by atoms with E-state index in [1.54, 1.807) is 18.2 Å². The van der Waals surface area contributed by atoms with Crippen LogP contribution in [0.1, 0.15) is 37.7 Å². The molecule has 1 saturated carbocycles. The van der Waals surface area contributed by atoms with Crippen molar-refractivity contribution >= 4 is 11.6 Å². The van der Waals surface area contributed by atoms with Crippen LogP contribution in [0.15, 0.2) is 18.2 Å². The zero-order valence-corrected chi connectivity index (χ0v) is 11.4. The van der Waals surface area contributed by atoms with Gasteiger partial charge in [-0.25, -0.2) is 0 Å². The van der Waals surface area contributed by atoms with E-state index < -0.39 is 5.41 Å². The number of carbonyl (C=O) groups is 1. The average Bonchev–Trinajstić information content (AvgIpc) is 2.43. The summed E-state index contributed by atoms with van der Waals surface area (Å²) in [4.78, 5) is 12.5. The summed E-state index contributed by atoms with van der Waals surface area (Å²) in [6, 6.07) is 5.09. The molecular weight excluding hydrogens is 240 g/mol. The summed E-state index contributed by atoms with van der Waals surface area (Å²) in [5, 5.41) is 12.4. The van der Waals surface area contributed by atoms with E-state index in [9.17, 15) is 9.90 Å². The first kappa shape index (κ1) is 13.9. The number of hydrogen-bond acceptors (Lipinski definition) is 3. The Morgan fingerprint density at radius 1 is 1.37 bits per heavy atom. The fourth-order valence-electron chi connectivity index (χ4n) is 2.75. The van der Waals surface area contributed by atoms with Crippen LogP contribution in [0.4, 0.5) is 5.69 Å². The number of anilines is 1. The Bertz CT molecular complexity index is 465. The zero-order chi connectivity index (χ0) is 13.9. The van der Waals surface area contributed by atoms with E-state index in [2.05, 4.69) is 5.32 Å². The van der Waals surface area contributed by atoms with Gasteiger partial charge in [0.1, 0.15) is 5.75 Å². The second-order valence-electron chi connectivity index (χ2n) is 5.50. The summed E-state index contributed by atoms with van der Waals surface area (Å²) in [5.74, 6) is 0.254. The summed E-state index contributed by atoms with van der Waals surface area (Å²) >= 11 is 0. The summed E-state index contributed by atoms with van der Waals surface area (Å²) in [7, 11) is 0. The molecule has 4 N–H and O–H groups in total. The Morgan fingerprint density at radius 2 is 2.05 bits per heavy atom. The number of carbonyl (C=O) groups excluding carboxylic acids is 1. The second-order valence-corrected chi connectivity index (χ2v) is 5.50. The van der Waals surface area contributed by atoms with Gasteiger partial charge in [0.25, 0.3) is 0 Å². The Balaban J connectivity index is 2.12. The lowest BCUT2D eigenvalue weighted by molar-refractivity contribution is -0.126. The van der Waals surface area contributed by atoms with Gasteiger partial charge in [-0.3, -0.25) is 4.79 Å². The van der Waals surface area contributed by atoms with E-state index >= 15 is 0 Å². The molecular formula is C15H22N2O2. The maximum absolute atomic E-state index is 12.5. The number of rotatable bonds is 3. The Kier molecular flexibility index (Phi) is 4.10. The monoisotopic (exact) mass is 262 g/mol. The number of aryl methyl sites for hydroxylation is 1. The molecule has 0 bridgehead atoms. The fourth-order valence-corrected chi connectivity index (χ4v) is 2.75. The number of benzene rings is 1. The minimum Gasteiger partial charge on any atom is -0.508 e. The largest absolute Gasteiger partial charge is 0.508 e. The average molecular weight is 262 g/mol. The molecule has 1 aliphatic rings. The van der Waals surface area contributed by atoms with Gasteiger partial charge in [0.2, 0.25) is 5.91 Å². The molecule has 0 unspecified atom stereocenters. The number of amides is 1. The summed E-state index contributed by atoms with van der Waals surface area (Å²) in [5.41, 5.74) is 6.91. The summed E-state index contributed by atoms with van der Waals surface area (Å²) in [6.07, 6.45) is 5.06. The summed E-state index contributed by atoms with van der Waals surface area (Å²) in [6.45, 7) is 2.21. The maximum Gasteiger partial charge on any atom is 0.231 e.